The molecule has 30 heavy (non-hydrogen) atoms. The molecule has 4 nitrogen and oxygen atoms in total. The standard InChI is InChI=1S/C24H18F2N2O2/c1-27(15-16-8-4-2-5-9-16)22-21(17-10-6-3-7-11-17)23(29)28(24(22)30)20-13-12-18(25)14-19(20)26/h2-14H,15H2,1H3. The molecule has 1 aliphatic heterocycles. The average Bonchev–Trinajstić information content (AvgIpc) is 3.00. The molecule has 1 aliphatic rings. The van der Waals surface area contributed by atoms with Crippen molar-refractivity contribution in [3.05, 3.63) is 107 Å². The van der Waals surface area contributed by atoms with Gasteiger partial charge in [0.25, 0.3) is 11.8 Å². The lowest BCUT2D eigenvalue weighted by Crippen LogP contribution is -2.34. The van der Waals surface area contributed by atoms with Crippen LogP contribution in [0.2, 0.25) is 0 Å². The van der Waals surface area contributed by atoms with Crippen molar-refractivity contribution in [2.24, 2.45) is 0 Å². The van der Waals surface area contributed by atoms with Crippen molar-refractivity contribution < 1.29 is 18.4 Å². The summed E-state index contributed by atoms with van der Waals surface area (Å²) in [5, 5.41) is 0. The van der Waals surface area contributed by atoms with Crippen molar-refractivity contribution in [1.82, 2.24) is 4.90 Å². The third-order valence-electron chi connectivity index (χ3n) is 4.92. The predicted octanol–water partition coefficient (Wildman–Crippen LogP) is 4.38. The van der Waals surface area contributed by atoms with E-state index in [0.29, 0.717) is 18.2 Å². The molecule has 0 unspecified atom stereocenters. The van der Waals surface area contributed by atoms with Gasteiger partial charge >= 0.3 is 0 Å². The van der Waals surface area contributed by atoms with Crippen molar-refractivity contribution in [1.29, 1.82) is 0 Å². The van der Waals surface area contributed by atoms with E-state index >= 15 is 0 Å². The summed E-state index contributed by atoms with van der Waals surface area (Å²) in [4.78, 5) is 29.0. The fourth-order valence-corrected chi connectivity index (χ4v) is 3.56. The van der Waals surface area contributed by atoms with Gasteiger partial charge in [-0.2, -0.15) is 0 Å². The monoisotopic (exact) mass is 404 g/mol. The minimum atomic E-state index is -0.976. The summed E-state index contributed by atoms with van der Waals surface area (Å²) in [5.41, 5.74) is 1.58. The Balaban J connectivity index is 1.81. The molecule has 0 saturated heterocycles. The van der Waals surface area contributed by atoms with Crippen molar-refractivity contribution >= 4 is 23.1 Å². The van der Waals surface area contributed by atoms with Gasteiger partial charge in [-0.25, -0.2) is 13.7 Å². The number of amides is 2. The number of benzene rings is 3. The molecule has 0 aliphatic carbocycles. The highest BCUT2D eigenvalue weighted by molar-refractivity contribution is 6.45. The van der Waals surface area contributed by atoms with Crippen molar-refractivity contribution in [2.75, 3.05) is 11.9 Å². The van der Waals surface area contributed by atoms with Crippen LogP contribution >= 0.6 is 0 Å². The Labute approximate surface area is 172 Å². The Hall–Kier alpha value is -3.80. The number of carbonyl (C=O) groups is 2. The van der Waals surface area contributed by atoms with Crippen LogP contribution in [0.25, 0.3) is 5.57 Å². The molecule has 0 saturated carbocycles. The zero-order valence-corrected chi connectivity index (χ0v) is 16.2. The van der Waals surface area contributed by atoms with Gasteiger partial charge < -0.3 is 4.90 Å². The molecular formula is C24H18F2N2O2. The number of likely N-dealkylation sites (N-methyl/N-ethyl adjacent to an activating group) is 1. The first-order chi connectivity index (χ1) is 14.5. The molecule has 1 heterocycles. The summed E-state index contributed by atoms with van der Waals surface area (Å²) >= 11 is 0. The van der Waals surface area contributed by atoms with Crippen LogP contribution in [0.1, 0.15) is 11.1 Å². The summed E-state index contributed by atoms with van der Waals surface area (Å²) in [6.45, 7) is 0.380. The van der Waals surface area contributed by atoms with Crippen LogP contribution in [0.5, 0.6) is 0 Å². The van der Waals surface area contributed by atoms with Gasteiger partial charge in [0, 0.05) is 19.7 Å². The van der Waals surface area contributed by atoms with E-state index < -0.39 is 23.4 Å². The molecule has 4 rings (SSSR count). The van der Waals surface area contributed by atoms with Gasteiger partial charge in [0.05, 0.1) is 11.3 Å². The number of imide groups is 1. The number of hydrogen-bond acceptors (Lipinski definition) is 3. The van der Waals surface area contributed by atoms with Gasteiger partial charge in [-0.05, 0) is 23.3 Å². The second-order valence-corrected chi connectivity index (χ2v) is 6.97. The molecule has 0 radical (unpaired) electrons. The molecule has 0 N–H and O–H groups in total. The van der Waals surface area contributed by atoms with Crippen LogP contribution in [-0.2, 0) is 16.1 Å². The Kier molecular flexibility index (Phi) is 5.14. The number of carbonyl (C=O) groups excluding carboxylic acids is 2. The third kappa shape index (κ3) is 3.48. The number of hydrogen-bond donors (Lipinski definition) is 0. The number of nitrogens with zero attached hydrogens (tertiary/aromatic N) is 2. The number of anilines is 1. The minimum Gasteiger partial charge on any atom is -0.365 e. The third-order valence-corrected chi connectivity index (χ3v) is 4.92. The first kappa shape index (κ1) is 19.5. The van der Waals surface area contributed by atoms with Gasteiger partial charge in [0.2, 0.25) is 0 Å². The normalized spacial score (nSPS) is 13.9. The molecule has 0 aromatic heterocycles. The van der Waals surface area contributed by atoms with Gasteiger partial charge in [-0.3, -0.25) is 9.59 Å². The van der Waals surface area contributed by atoms with E-state index in [0.717, 1.165) is 22.6 Å². The van der Waals surface area contributed by atoms with E-state index in [1.54, 1.807) is 42.3 Å². The Morgan fingerprint density at radius 1 is 0.833 bits per heavy atom. The summed E-state index contributed by atoms with van der Waals surface area (Å²) in [7, 11) is 1.71. The lowest BCUT2D eigenvalue weighted by atomic mass is 10.0. The molecule has 0 spiro atoms. The van der Waals surface area contributed by atoms with Crippen LogP contribution < -0.4 is 4.90 Å². The summed E-state index contributed by atoms with van der Waals surface area (Å²) in [6, 6.07) is 21.0. The highest BCUT2D eigenvalue weighted by atomic mass is 19.1. The molecule has 2 amide bonds. The fraction of sp³-hybridized carbons (Fsp3) is 0.0833. The molecule has 3 aromatic rings. The van der Waals surface area contributed by atoms with Gasteiger partial charge in [0.1, 0.15) is 17.3 Å². The Bertz CT molecular complexity index is 1140. The van der Waals surface area contributed by atoms with Crippen LogP contribution in [0.15, 0.2) is 84.6 Å². The van der Waals surface area contributed by atoms with Gasteiger partial charge in [0.15, 0.2) is 0 Å². The molecule has 3 aromatic carbocycles. The second-order valence-electron chi connectivity index (χ2n) is 6.97. The van der Waals surface area contributed by atoms with Crippen LogP contribution in [-0.4, -0.2) is 23.8 Å². The number of rotatable bonds is 5. The van der Waals surface area contributed by atoms with Crippen LogP contribution in [0, 0.1) is 11.6 Å². The first-order valence-electron chi connectivity index (χ1n) is 9.36. The zero-order chi connectivity index (χ0) is 21.3. The van der Waals surface area contributed by atoms with Gasteiger partial charge in [-0.1, -0.05) is 60.7 Å². The maximum atomic E-state index is 14.4. The molecule has 0 atom stereocenters. The van der Waals surface area contributed by atoms with Crippen molar-refractivity contribution in [2.45, 2.75) is 6.54 Å². The molecule has 6 heteroatoms. The fourth-order valence-electron chi connectivity index (χ4n) is 3.56. The highest BCUT2D eigenvalue weighted by Gasteiger charge is 2.42. The number of halogens is 2. The second kappa shape index (κ2) is 7.91. The minimum absolute atomic E-state index is 0.166. The summed E-state index contributed by atoms with van der Waals surface area (Å²) < 4.78 is 27.8. The summed E-state index contributed by atoms with van der Waals surface area (Å²) in [6.07, 6.45) is 0. The lowest BCUT2D eigenvalue weighted by Gasteiger charge is -2.22. The molecule has 0 fully saturated rings. The SMILES string of the molecule is CN(Cc1ccccc1)C1=C(c2ccccc2)C(=O)N(c2ccc(F)cc2F)C1=O. The average molecular weight is 404 g/mol. The van der Waals surface area contributed by atoms with Crippen LogP contribution in [0.3, 0.4) is 0 Å². The maximum absolute atomic E-state index is 14.4. The predicted molar refractivity (Wildman–Crippen MR) is 110 cm³/mol. The topological polar surface area (TPSA) is 40.6 Å². The molecular weight excluding hydrogens is 386 g/mol. The first-order valence-corrected chi connectivity index (χ1v) is 9.36. The Morgan fingerprint density at radius 2 is 1.47 bits per heavy atom. The van der Waals surface area contributed by atoms with Crippen molar-refractivity contribution in [3.63, 3.8) is 0 Å². The quantitative estimate of drug-likeness (QED) is 0.593. The van der Waals surface area contributed by atoms with E-state index in [4.69, 9.17) is 0 Å². The van der Waals surface area contributed by atoms with E-state index in [2.05, 4.69) is 0 Å². The maximum Gasteiger partial charge on any atom is 0.282 e. The highest BCUT2D eigenvalue weighted by Crippen LogP contribution is 2.35. The van der Waals surface area contributed by atoms with E-state index in [1.165, 1.54) is 0 Å². The zero-order valence-electron chi connectivity index (χ0n) is 16.2. The Morgan fingerprint density at radius 3 is 2.10 bits per heavy atom. The van der Waals surface area contributed by atoms with E-state index in [9.17, 15) is 18.4 Å². The molecule has 150 valence electrons. The molecule has 0 bridgehead atoms. The lowest BCUT2D eigenvalue weighted by molar-refractivity contribution is -0.120. The summed E-state index contributed by atoms with van der Waals surface area (Å²) in [5.74, 6) is -3.06. The van der Waals surface area contributed by atoms with E-state index in [-0.39, 0.29) is 17.0 Å². The van der Waals surface area contributed by atoms with Crippen molar-refractivity contribution in [3.8, 4) is 0 Å². The smallest absolute Gasteiger partial charge is 0.282 e. The largest absolute Gasteiger partial charge is 0.365 e. The van der Waals surface area contributed by atoms with Gasteiger partial charge in [-0.15, -0.1) is 0 Å². The van der Waals surface area contributed by atoms with E-state index in [1.807, 2.05) is 30.3 Å². The van der Waals surface area contributed by atoms with Crippen LogP contribution in [0.4, 0.5) is 14.5 Å².